The number of rotatable bonds is 30. The molecule has 18 nitrogen and oxygen atoms in total. The smallest absolute Gasteiger partial charge is 0.325 e. The molecule has 0 atom stereocenters. The highest BCUT2D eigenvalue weighted by Gasteiger charge is 2.81. The van der Waals surface area contributed by atoms with Crippen LogP contribution in [0.5, 0.6) is 23.0 Å². The van der Waals surface area contributed by atoms with Crippen molar-refractivity contribution >= 4 is 106 Å². The number of nitrogens with zero attached hydrogens (tertiary/aromatic N) is 4. The standard InChI is InChI=1S/C60H66N4O14S8/c1-67-15-19-71-23-27-75-45-41-35-61-57(65)63-37-43-44(48(78-30-26-74-22-18-70-4)52-51(47(43)77-29-25-73-21-17-69-3)85-56(86-52)54-81-33-34-82-54)38-64-58(66)62(59(61,39-11-7-5-8-12-39)60(63,64)40-13-9-6-10-14-40)36-42(41)46(76-28-24-72-20-16-68-2)50-49(45)83-55(84-50)53-79-31-32-80-53/h5-14,31-34H,15-30,35-38H2,1-4H3. The van der Waals surface area contributed by atoms with Gasteiger partial charge in [0, 0.05) is 61.8 Å². The monoisotopic (exact) mass is 1320 g/mol. The predicted octanol–water partition coefficient (Wildman–Crippen LogP) is 12.3. The summed E-state index contributed by atoms with van der Waals surface area (Å²) in [6, 6.07) is 19.5. The molecule has 2 fully saturated rings. The molecule has 0 bridgehead atoms. The van der Waals surface area contributed by atoms with E-state index in [4.69, 9.17) is 56.8 Å². The molecule has 0 aliphatic carbocycles. The van der Waals surface area contributed by atoms with E-state index in [0.717, 1.165) is 69.9 Å². The number of fused-ring (bicyclic) bond motifs is 4. The fourth-order valence-corrected chi connectivity index (χ4v) is 21.5. The summed E-state index contributed by atoms with van der Waals surface area (Å²) in [5, 5.41) is 8.36. The molecule has 0 saturated carbocycles. The first kappa shape index (κ1) is 62.3. The van der Waals surface area contributed by atoms with Gasteiger partial charge in [-0.1, -0.05) is 155 Å². The fourth-order valence-electron chi connectivity index (χ4n) is 11.7. The van der Waals surface area contributed by atoms with Crippen molar-refractivity contribution in [2.75, 3.05) is 134 Å². The highest BCUT2D eigenvalue weighted by Crippen LogP contribution is 2.71. The minimum atomic E-state index is -1.53. The molecular weight excluding hydrogens is 1260 g/mol. The molecule has 0 unspecified atom stereocenters. The van der Waals surface area contributed by atoms with E-state index in [-0.39, 0.29) is 91.1 Å². The van der Waals surface area contributed by atoms with Crippen LogP contribution in [-0.2, 0) is 75.4 Å². The van der Waals surface area contributed by atoms with E-state index in [1.807, 2.05) is 80.3 Å². The van der Waals surface area contributed by atoms with Gasteiger partial charge in [0.25, 0.3) is 0 Å². The molecule has 0 radical (unpaired) electrons. The molecule has 8 aliphatic rings. The molecule has 2 saturated heterocycles. The molecule has 4 aromatic rings. The van der Waals surface area contributed by atoms with Gasteiger partial charge in [-0.05, 0) is 21.6 Å². The average molecular weight is 1320 g/mol. The van der Waals surface area contributed by atoms with Crippen LogP contribution in [0.1, 0.15) is 33.4 Å². The average Bonchev–Trinajstić information content (AvgIpc) is 1.47. The number of hydrogen-bond donors (Lipinski definition) is 0. The van der Waals surface area contributed by atoms with E-state index in [2.05, 4.69) is 21.6 Å². The summed E-state index contributed by atoms with van der Waals surface area (Å²) in [6.45, 7) is 5.46. The van der Waals surface area contributed by atoms with Crippen molar-refractivity contribution in [1.82, 2.24) is 19.6 Å². The molecule has 8 heterocycles. The molecular formula is C60H66N4O14S8. The van der Waals surface area contributed by atoms with Crippen LogP contribution < -0.4 is 18.9 Å². The zero-order chi connectivity index (χ0) is 59.0. The molecule has 12 rings (SSSR count). The Labute approximate surface area is 535 Å². The fraction of sp³-hybridized carbons (Fsp3) is 0.433. The molecule has 0 spiro atoms. The summed E-state index contributed by atoms with van der Waals surface area (Å²) in [7, 11) is 6.58. The van der Waals surface area contributed by atoms with Crippen LogP contribution in [0, 0.1) is 0 Å². The molecule has 86 heavy (non-hydrogen) atoms. The lowest BCUT2D eigenvalue weighted by atomic mass is 9.79. The number of amides is 4. The summed E-state index contributed by atoms with van der Waals surface area (Å²) >= 11 is 13.3. The molecule has 4 amide bonds. The Balaban J connectivity index is 1.07. The van der Waals surface area contributed by atoms with Crippen LogP contribution in [0.4, 0.5) is 9.59 Å². The number of thioether (sulfide) groups is 8. The van der Waals surface area contributed by atoms with E-state index in [0.29, 0.717) is 75.9 Å². The normalized spacial score (nSPS) is 20.5. The first-order valence-electron chi connectivity index (χ1n) is 28.1. The van der Waals surface area contributed by atoms with Crippen molar-refractivity contribution in [3.63, 3.8) is 0 Å². The van der Waals surface area contributed by atoms with E-state index in [1.165, 1.54) is 0 Å². The first-order valence-corrected chi connectivity index (χ1v) is 34.9. The van der Waals surface area contributed by atoms with Crippen LogP contribution in [0.3, 0.4) is 0 Å². The summed E-state index contributed by atoms with van der Waals surface area (Å²) in [5.74, 6) is 2.47. The summed E-state index contributed by atoms with van der Waals surface area (Å²) < 4.78 is 78.0. The van der Waals surface area contributed by atoms with Gasteiger partial charge >= 0.3 is 12.1 Å². The second kappa shape index (κ2) is 28.9. The van der Waals surface area contributed by atoms with Gasteiger partial charge in [-0.25, -0.2) is 9.59 Å². The van der Waals surface area contributed by atoms with Crippen LogP contribution in [0.25, 0.3) is 0 Å². The van der Waals surface area contributed by atoms with Gasteiger partial charge in [0.2, 0.25) is 0 Å². The predicted molar refractivity (Wildman–Crippen MR) is 341 cm³/mol. The second-order valence-corrected chi connectivity index (χ2v) is 28.7. The maximum Gasteiger partial charge on any atom is 0.325 e. The molecule has 458 valence electrons. The largest absolute Gasteiger partial charge is 0.490 e. The van der Waals surface area contributed by atoms with Crippen molar-refractivity contribution in [3.05, 3.63) is 133 Å². The maximum absolute atomic E-state index is 17.1. The number of methoxy groups -OCH3 is 4. The van der Waals surface area contributed by atoms with Crippen molar-refractivity contribution in [2.24, 2.45) is 0 Å². The van der Waals surface area contributed by atoms with Gasteiger partial charge < -0.3 is 56.8 Å². The number of benzene rings is 4. The first-order chi connectivity index (χ1) is 42.4. The lowest BCUT2D eigenvalue weighted by Gasteiger charge is -2.49. The Bertz CT molecular complexity index is 2900. The van der Waals surface area contributed by atoms with Gasteiger partial charge in [-0.2, -0.15) is 0 Å². The summed E-state index contributed by atoms with van der Waals surface area (Å²) in [4.78, 5) is 45.5. The Morgan fingerprint density at radius 3 is 0.860 bits per heavy atom. The minimum absolute atomic E-state index is 0.0330. The number of carbonyl (C=O) groups excluding carboxylic acids is 2. The topological polar surface area (TPSA) is 158 Å². The molecule has 0 N–H and O–H groups in total. The van der Waals surface area contributed by atoms with Crippen LogP contribution in [0.2, 0.25) is 0 Å². The lowest BCUT2D eigenvalue weighted by molar-refractivity contribution is -0.0796. The van der Waals surface area contributed by atoms with Crippen molar-refractivity contribution in [1.29, 1.82) is 0 Å². The zero-order valence-corrected chi connectivity index (χ0v) is 54.5. The van der Waals surface area contributed by atoms with E-state index in [9.17, 15) is 0 Å². The SMILES string of the molecule is COCCOCCOc1c2c(c(OCCOCCOC)c3c1SC(=C1SC=CS1)S3)CN1C(=O)N3Cc4c(c(OCCOCCOC)c5c(c4OCCOCCOC)SC(=C4SC=CS4)S5)CN4C(=O)N(C2)C1(c1ccccc1)C43c1ccccc1. The van der Waals surface area contributed by atoms with Crippen LogP contribution >= 0.6 is 94.1 Å². The summed E-state index contributed by atoms with van der Waals surface area (Å²) in [5.41, 5.74) is 1.39. The van der Waals surface area contributed by atoms with Gasteiger partial charge in [0.1, 0.15) is 49.4 Å². The van der Waals surface area contributed by atoms with Gasteiger partial charge in [-0.15, -0.1) is 0 Å². The number of hydrogen-bond acceptors (Lipinski definition) is 22. The third-order valence-corrected chi connectivity index (χ3v) is 25.7. The van der Waals surface area contributed by atoms with Gasteiger partial charge in [-0.3, -0.25) is 19.6 Å². The minimum Gasteiger partial charge on any atom is -0.490 e. The molecule has 8 aliphatic heterocycles. The Morgan fingerprint density at radius 2 is 0.605 bits per heavy atom. The Hall–Kier alpha value is -3.94. The third kappa shape index (κ3) is 11.7. The quantitative estimate of drug-likeness (QED) is 0.0454. The number of ether oxygens (including phenoxy) is 12. The molecule has 0 aromatic heterocycles. The van der Waals surface area contributed by atoms with E-state index < -0.39 is 11.3 Å². The molecule has 4 aromatic carbocycles. The zero-order valence-electron chi connectivity index (χ0n) is 48.0. The Morgan fingerprint density at radius 1 is 0.349 bits per heavy atom. The lowest BCUT2D eigenvalue weighted by Crippen LogP contribution is -2.62. The highest BCUT2D eigenvalue weighted by molar-refractivity contribution is 8.32. The third-order valence-electron chi connectivity index (χ3n) is 15.2. The van der Waals surface area contributed by atoms with Crippen molar-refractivity contribution in [3.8, 4) is 23.0 Å². The maximum atomic E-state index is 17.1. The van der Waals surface area contributed by atoms with Gasteiger partial charge in [0.15, 0.2) is 11.3 Å². The summed E-state index contributed by atoms with van der Waals surface area (Å²) in [6.07, 6.45) is 0. The number of urea groups is 2. The van der Waals surface area contributed by atoms with E-state index >= 15 is 9.59 Å². The van der Waals surface area contributed by atoms with Crippen LogP contribution in [-0.4, -0.2) is 166 Å². The van der Waals surface area contributed by atoms with E-state index in [1.54, 1.807) is 123 Å². The van der Waals surface area contributed by atoms with Crippen molar-refractivity contribution in [2.45, 2.75) is 57.1 Å². The Kier molecular flexibility index (Phi) is 20.9. The highest BCUT2D eigenvalue weighted by atomic mass is 32.2. The molecule has 26 heteroatoms. The number of carbonyl (C=O) groups is 2. The second-order valence-electron chi connectivity index (χ2n) is 19.9. The van der Waals surface area contributed by atoms with Gasteiger partial charge in [0.05, 0.1) is 142 Å². The van der Waals surface area contributed by atoms with Crippen LogP contribution in [0.15, 0.2) is 119 Å². The van der Waals surface area contributed by atoms with Crippen molar-refractivity contribution < 1.29 is 66.4 Å².